The third-order valence-electron chi connectivity index (χ3n) is 2.18. The summed E-state index contributed by atoms with van der Waals surface area (Å²) in [6.45, 7) is 0. The summed E-state index contributed by atoms with van der Waals surface area (Å²) in [4.78, 5) is 11.6. The van der Waals surface area contributed by atoms with Crippen molar-refractivity contribution >= 4 is 17.3 Å². The van der Waals surface area contributed by atoms with Crippen LogP contribution in [0.1, 0.15) is 10.6 Å². The van der Waals surface area contributed by atoms with Crippen LogP contribution < -0.4 is 10.6 Å². The van der Waals surface area contributed by atoms with Gasteiger partial charge in [-0.3, -0.25) is 4.79 Å². The number of nitrogens with one attached hydrogen (secondary N) is 2. The van der Waals surface area contributed by atoms with Crippen LogP contribution in [0.25, 0.3) is 0 Å². The summed E-state index contributed by atoms with van der Waals surface area (Å²) in [7, 11) is 1.84. The van der Waals surface area contributed by atoms with Crippen LogP contribution >= 0.6 is 0 Å². The van der Waals surface area contributed by atoms with Gasteiger partial charge in [-0.1, -0.05) is 0 Å². The molecule has 2 N–H and O–H groups in total. The monoisotopic (exact) mass is 216 g/mol. The van der Waals surface area contributed by atoms with Gasteiger partial charge < -0.3 is 15.1 Å². The first-order valence-electron chi connectivity index (χ1n) is 4.92. The van der Waals surface area contributed by atoms with Crippen molar-refractivity contribution in [2.45, 2.75) is 0 Å². The van der Waals surface area contributed by atoms with Crippen molar-refractivity contribution in [2.24, 2.45) is 0 Å². The van der Waals surface area contributed by atoms with E-state index in [0.29, 0.717) is 5.76 Å². The molecule has 4 heteroatoms. The van der Waals surface area contributed by atoms with Crippen molar-refractivity contribution in [1.82, 2.24) is 0 Å². The zero-order valence-electron chi connectivity index (χ0n) is 8.86. The van der Waals surface area contributed by atoms with Gasteiger partial charge in [0.15, 0.2) is 5.76 Å². The molecule has 16 heavy (non-hydrogen) atoms. The summed E-state index contributed by atoms with van der Waals surface area (Å²) in [6, 6.07) is 10.7. The standard InChI is InChI=1S/C12H12N2O2/c1-13-9-4-6-10(7-5-9)14-12(15)11-3-2-8-16-11/h2-8,13H,1H3,(H,14,15). The predicted octanol–water partition coefficient (Wildman–Crippen LogP) is 2.57. The molecule has 1 aromatic carbocycles. The topological polar surface area (TPSA) is 54.3 Å². The normalized spacial score (nSPS) is 9.81. The van der Waals surface area contributed by atoms with Gasteiger partial charge in [0.05, 0.1) is 6.26 Å². The second-order valence-electron chi connectivity index (χ2n) is 3.26. The number of carbonyl (C=O) groups excluding carboxylic acids is 1. The Kier molecular flexibility index (Phi) is 2.91. The molecule has 2 aromatic rings. The van der Waals surface area contributed by atoms with Crippen molar-refractivity contribution in [3.05, 3.63) is 48.4 Å². The molecule has 82 valence electrons. The number of carbonyl (C=O) groups is 1. The maximum Gasteiger partial charge on any atom is 0.291 e. The maximum atomic E-state index is 11.6. The lowest BCUT2D eigenvalue weighted by Crippen LogP contribution is -2.10. The van der Waals surface area contributed by atoms with Gasteiger partial charge in [-0.25, -0.2) is 0 Å². The van der Waals surface area contributed by atoms with E-state index in [1.807, 2.05) is 31.3 Å². The summed E-state index contributed by atoms with van der Waals surface area (Å²) in [5.74, 6) is 0.0555. The second-order valence-corrected chi connectivity index (χ2v) is 3.26. The van der Waals surface area contributed by atoms with Crippen LogP contribution in [-0.2, 0) is 0 Å². The first-order chi connectivity index (χ1) is 7.79. The van der Waals surface area contributed by atoms with Crippen LogP contribution in [-0.4, -0.2) is 13.0 Å². The Hall–Kier alpha value is -2.23. The highest BCUT2D eigenvalue weighted by atomic mass is 16.3. The van der Waals surface area contributed by atoms with Gasteiger partial charge in [0.25, 0.3) is 5.91 Å². The average Bonchev–Trinajstić information content (AvgIpc) is 2.83. The van der Waals surface area contributed by atoms with Gasteiger partial charge in [-0.15, -0.1) is 0 Å². The molecule has 0 aliphatic carbocycles. The summed E-state index contributed by atoms with van der Waals surface area (Å²) >= 11 is 0. The Bertz CT molecular complexity index is 460. The maximum absolute atomic E-state index is 11.6. The van der Waals surface area contributed by atoms with E-state index in [-0.39, 0.29) is 5.91 Å². The first-order valence-corrected chi connectivity index (χ1v) is 4.92. The number of rotatable bonds is 3. The lowest BCUT2D eigenvalue weighted by molar-refractivity contribution is 0.0996. The highest BCUT2D eigenvalue weighted by Crippen LogP contribution is 2.14. The molecule has 0 spiro atoms. The molecule has 0 aliphatic rings. The SMILES string of the molecule is CNc1ccc(NC(=O)c2ccco2)cc1. The third-order valence-corrected chi connectivity index (χ3v) is 2.18. The van der Waals surface area contributed by atoms with Crippen molar-refractivity contribution in [3.63, 3.8) is 0 Å². The fraction of sp³-hybridized carbons (Fsp3) is 0.0833. The Labute approximate surface area is 93.3 Å². The van der Waals surface area contributed by atoms with Crippen molar-refractivity contribution in [3.8, 4) is 0 Å². The minimum absolute atomic E-state index is 0.248. The molecule has 0 aliphatic heterocycles. The molecule has 0 radical (unpaired) electrons. The molecule has 0 atom stereocenters. The van der Waals surface area contributed by atoms with E-state index in [2.05, 4.69) is 10.6 Å². The van der Waals surface area contributed by atoms with Gasteiger partial charge in [0.1, 0.15) is 0 Å². The summed E-state index contributed by atoms with van der Waals surface area (Å²) in [5, 5.41) is 5.74. The largest absolute Gasteiger partial charge is 0.459 e. The highest BCUT2D eigenvalue weighted by Gasteiger charge is 2.07. The Balaban J connectivity index is 2.06. The van der Waals surface area contributed by atoms with Crippen LogP contribution in [0.2, 0.25) is 0 Å². The van der Waals surface area contributed by atoms with E-state index in [9.17, 15) is 4.79 Å². The minimum Gasteiger partial charge on any atom is -0.459 e. The fourth-order valence-electron chi connectivity index (χ4n) is 1.32. The zero-order valence-corrected chi connectivity index (χ0v) is 8.86. The van der Waals surface area contributed by atoms with Crippen molar-refractivity contribution in [1.29, 1.82) is 0 Å². The lowest BCUT2D eigenvalue weighted by Gasteiger charge is -2.04. The van der Waals surface area contributed by atoms with Crippen LogP contribution in [0.5, 0.6) is 0 Å². The number of furan rings is 1. The molecule has 0 saturated heterocycles. The van der Waals surface area contributed by atoms with Crippen LogP contribution in [0.3, 0.4) is 0 Å². The first kappa shape index (κ1) is 10.3. The van der Waals surface area contributed by atoms with Gasteiger partial charge in [-0.2, -0.15) is 0 Å². The number of benzene rings is 1. The molecule has 4 nitrogen and oxygen atoms in total. The van der Waals surface area contributed by atoms with Crippen LogP contribution in [0, 0.1) is 0 Å². The summed E-state index contributed by atoms with van der Waals surface area (Å²) < 4.78 is 4.99. The fourth-order valence-corrected chi connectivity index (χ4v) is 1.32. The number of anilines is 2. The molecule has 0 bridgehead atoms. The molecule has 1 heterocycles. The summed E-state index contributed by atoms with van der Waals surface area (Å²) in [6.07, 6.45) is 1.47. The van der Waals surface area contributed by atoms with Gasteiger partial charge in [-0.05, 0) is 36.4 Å². The van der Waals surface area contributed by atoms with E-state index in [1.54, 1.807) is 12.1 Å². The smallest absolute Gasteiger partial charge is 0.291 e. The van der Waals surface area contributed by atoms with Crippen molar-refractivity contribution in [2.75, 3.05) is 17.7 Å². The van der Waals surface area contributed by atoms with E-state index in [0.717, 1.165) is 11.4 Å². The van der Waals surface area contributed by atoms with E-state index in [4.69, 9.17) is 4.42 Å². The third kappa shape index (κ3) is 2.23. The average molecular weight is 216 g/mol. The van der Waals surface area contributed by atoms with E-state index in [1.165, 1.54) is 6.26 Å². The van der Waals surface area contributed by atoms with Crippen molar-refractivity contribution < 1.29 is 9.21 Å². The molecule has 1 amide bonds. The Morgan fingerprint density at radius 1 is 1.12 bits per heavy atom. The van der Waals surface area contributed by atoms with Gasteiger partial charge in [0.2, 0.25) is 0 Å². The molecule has 0 unspecified atom stereocenters. The number of hydrogen-bond acceptors (Lipinski definition) is 3. The molecule has 0 fully saturated rings. The Morgan fingerprint density at radius 3 is 2.38 bits per heavy atom. The zero-order chi connectivity index (χ0) is 11.4. The van der Waals surface area contributed by atoms with E-state index >= 15 is 0 Å². The minimum atomic E-state index is -0.248. The quantitative estimate of drug-likeness (QED) is 0.829. The number of amides is 1. The molecule has 0 saturated carbocycles. The van der Waals surface area contributed by atoms with Crippen LogP contribution in [0.4, 0.5) is 11.4 Å². The van der Waals surface area contributed by atoms with Gasteiger partial charge >= 0.3 is 0 Å². The molecule has 2 rings (SSSR count). The van der Waals surface area contributed by atoms with E-state index < -0.39 is 0 Å². The summed E-state index contributed by atoms with van der Waals surface area (Å²) in [5.41, 5.74) is 1.73. The predicted molar refractivity (Wildman–Crippen MR) is 62.6 cm³/mol. The van der Waals surface area contributed by atoms with Crippen LogP contribution in [0.15, 0.2) is 47.1 Å². The molecule has 1 aromatic heterocycles. The lowest BCUT2D eigenvalue weighted by atomic mass is 10.2. The molecular weight excluding hydrogens is 204 g/mol. The second kappa shape index (κ2) is 4.53. The van der Waals surface area contributed by atoms with Gasteiger partial charge in [0, 0.05) is 18.4 Å². The number of hydrogen-bond donors (Lipinski definition) is 2. The molecular formula is C12H12N2O2. The highest BCUT2D eigenvalue weighted by molar-refractivity contribution is 6.02. The Morgan fingerprint density at radius 2 is 1.81 bits per heavy atom.